The Hall–Kier alpha value is -1.63. The van der Waals surface area contributed by atoms with Crippen LogP contribution < -0.4 is 5.32 Å². The molecule has 0 aromatic carbocycles. The van der Waals surface area contributed by atoms with Crippen LogP contribution in [0.3, 0.4) is 0 Å². The Morgan fingerprint density at radius 2 is 2.06 bits per heavy atom. The predicted octanol–water partition coefficient (Wildman–Crippen LogP) is 1.39. The first kappa shape index (κ1) is 14.4. The third-order valence-corrected chi connectivity index (χ3v) is 3.09. The van der Waals surface area contributed by atoms with Crippen molar-refractivity contribution >= 4 is 11.6 Å². The summed E-state index contributed by atoms with van der Waals surface area (Å²) in [4.78, 5) is 16.6. The highest BCUT2D eigenvalue weighted by Crippen LogP contribution is 2.23. The number of nitrogens with zero attached hydrogens (tertiary/aromatic N) is 4. The van der Waals surface area contributed by atoms with Crippen LogP contribution in [-0.2, 0) is 7.05 Å². The van der Waals surface area contributed by atoms with Gasteiger partial charge in [-0.1, -0.05) is 13.8 Å². The molecule has 1 aromatic rings. The maximum absolute atomic E-state index is 10.9. The zero-order chi connectivity index (χ0) is 13.7. The minimum Gasteiger partial charge on any atom is -0.363 e. The Morgan fingerprint density at radius 1 is 1.44 bits per heavy atom. The number of imidazole rings is 1. The largest absolute Gasteiger partial charge is 0.406 e. The molecule has 0 aliphatic carbocycles. The smallest absolute Gasteiger partial charge is 0.363 e. The van der Waals surface area contributed by atoms with Crippen molar-refractivity contribution in [2.24, 2.45) is 7.05 Å². The van der Waals surface area contributed by atoms with Crippen molar-refractivity contribution in [1.29, 1.82) is 0 Å². The van der Waals surface area contributed by atoms with Crippen LogP contribution in [0.4, 0.5) is 11.6 Å². The molecule has 0 atom stereocenters. The molecule has 1 heterocycles. The fraction of sp³-hybridized carbons (Fsp3) is 0.727. The molecule has 1 N–H and O–H groups in total. The summed E-state index contributed by atoms with van der Waals surface area (Å²) < 4.78 is 1.71. The van der Waals surface area contributed by atoms with Crippen LogP contribution in [0.15, 0.2) is 0 Å². The van der Waals surface area contributed by atoms with Crippen molar-refractivity contribution in [3.63, 3.8) is 0 Å². The van der Waals surface area contributed by atoms with Crippen molar-refractivity contribution in [3.8, 4) is 0 Å². The molecule has 7 nitrogen and oxygen atoms in total. The molecule has 0 amide bonds. The second kappa shape index (κ2) is 6.34. The number of anilines is 1. The van der Waals surface area contributed by atoms with Crippen LogP contribution in [0, 0.1) is 17.0 Å². The van der Waals surface area contributed by atoms with Crippen LogP contribution in [0.25, 0.3) is 0 Å². The van der Waals surface area contributed by atoms with Crippen LogP contribution in [-0.4, -0.2) is 45.6 Å². The zero-order valence-corrected chi connectivity index (χ0v) is 11.4. The van der Waals surface area contributed by atoms with Gasteiger partial charge in [0.25, 0.3) is 0 Å². The lowest BCUT2D eigenvalue weighted by Crippen LogP contribution is -2.29. The van der Waals surface area contributed by atoms with E-state index in [0.717, 1.165) is 19.6 Å². The Labute approximate surface area is 107 Å². The Kier molecular flexibility index (Phi) is 5.08. The average molecular weight is 255 g/mol. The van der Waals surface area contributed by atoms with E-state index < -0.39 is 4.92 Å². The Balaban J connectivity index is 2.69. The lowest BCUT2D eigenvalue weighted by atomic mass is 10.4. The molecule has 0 saturated carbocycles. The van der Waals surface area contributed by atoms with E-state index in [9.17, 15) is 10.1 Å². The highest BCUT2D eigenvalue weighted by atomic mass is 16.6. The topological polar surface area (TPSA) is 76.2 Å². The second-order valence-electron chi connectivity index (χ2n) is 4.10. The van der Waals surface area contributed by atoms with E-state index in [2.05, 4.69) is 29.0 Å². The number of aromatic nitrogens is 2. The van der Waals surface area contributed by atoms with Crippen LogP contribution in [0.1, 0.15) is 19.7 Å². The monoisotopic (exact) mass is 255 g/mol. The maximum Gasteiger partial charge on any atom is 0.406 e. The quantitative estimate of drug-likeness (QED) is 0.588. The van der Waals surface area contributed by atoms with Gasteiger partial charge in [0, 0.05) is 27.1 Å². The van der Waals surface area contributed by atoms with Gasteiger partial charge in [-0.25, -0.2) is 0 Å². The van der Waals surface area contributed by atoms with E-state index in [4.69, 9.17) is 0 Å². The third kappa shape index (κ3) is 3.19. The molecule has 0 unspecified atom stereocenters. The molecule has 0 saturated heterocycles. The summed E-state index contributed by atoms with van der Waals surface area (Å²) in [7, 11) is 1.77. The minimum atomic E-state index is -0.452. The molecule has 7 heteroatoms. The SMILES string of the molecule is CCN(CC)CCNc1c([N+](=O)[O-])nc(C)n1C. The van der Waals surface area contributed by atoms with E-state index in [1.165, 1.54) is 0 Å². The molecule has 0 bridgehead atoms. The summed E-state index contributed by atoms with van der Waals surface area (Å²) in [6, 6.07) is 0. The van der Waals surface area contributed by atoms with Gasteiger partial charge in [-0.2, -0.15) is 0 Å². The first-order valence-corrected chi connectivity index (χ1v) is 6.15. The van der Waals surface area contributed by atoms with Gasteiger partial charge in [-0.3, -0.25) is 4.57 Å². The second-order valence-corrected chi connectivity index (χ2v) is 4.10. The third-order valence-electron chi connectivity index (χ3n) is 3.09. The lowest BCUT2D eigenvalue weighted by molar-refractivity contribution is -0.388. The van der Waals surface area contributed by atoms with Gasteiger partial charge >= 0.3 is 5.82 Å². The average Bonchev–Trinajstić information content (AvgIpc) is 2.62. The molecular weight excluding hydrogens is 234 g/mol. The standard InChI is InChI=1S/C11H21N5O2/c1-5-15(6-2)8-7-12-10-11(16(17)18)13-9(3)14(10)4/h12H,5-8H2,1-4H3. The summed E-state index contributed by atoms with van der Waals surface area (Å²) in [5.41, 5.74) is 0. The summed E-state index contributed by atoms with van der Waals surface area (Å²) in [5.74, 6) is 1.01. The number of rotatable bonds is 7. The van der Waals surface area contributed by atoms with Crippen molar-refractivity contribution in [2.75, 3.05) is 31.5 Å². The number of hydrogen-bond acceptors (Lipinski definition) is 5. The number of aryl methyl sites for hydroxylation is 1. The Morgan fingerprint density at radius 3 is 2.56 bits per heavy atom. The number of nitrogens with one attached hydrogen (secondary N) is 1. The summed E-state index contributed by atoms with van der Waals surface area (Å²) in [5, 5.41) is 14.0. The molecule has 0 spiro atoms. The molecule has 1 rings (SSSR count). The summed E-state index contributed by atoms with van der Waals surface area (Å²) >= 11 is 0. The lowest BCUT2D eigenvalue weighted by Gasteiger charge is -2.18. The fourth-order valence-corrected chi connectivity index (χ4v) is 1.79. The molecule has 0 radical (unpaired) electrons. The van der Waals surface area contributed by atoms with Crippen molar-refractivity contribution < 1.29 is 4.92 Å². The van der Waals surface area contributed by atoms with E-state index in [1.807, 2.05) is 0 Å². The van der Waals surface area contributed by atoms with Gasteiger partial charge in [-0.15, -0.1) is 0 Å². The van der Waals surface area contributed by atoms with Crippen LogP contribution in [0.5, 0.6) is 0 Å². The number of likely N-dealkylation sites (N-methyl/N-ethyl adjacent to an activating group) is 1. The van der Waals surface area contributed by atoms with E-state index in [0.29, 0.717) is 18.2 Å². The molecule has 1 aromatic heterocycles. The molecule has 102 valence electrons. The summed E-state index contributed by atoms with van der Waals surface area (Å²) in [6.45, 7) is 9.42. The zero-order valence-electron chi connectivity index (χ0n) is 11.4. The van der Waals surface area contributed by atoms with E-state index in [1.54, 1.807) is 18.5 Å². The Bertz CT molecular complexity index is 412. The van der Waals surface area contributed by atoms with E-state index >= 15 is 0 Å². The van der Waals surface area contributed by atoms with Gasteiger partial charge in [-0.05, 0) is 23.0 Å². The van der Waals surface area contributed by atoms with Gasteiger partial charge in [0.15, 0.2) is 0 Å². The van der Waals surface area contributed by atoms with Crippen LogP contribution in [0.2, 0.25) is 0 Å². The predicted molar refractivity (Wildman–Crippen MR) is 70.9 cm³/mol. The minimum absolute atomic E-state index is 0.102. The van der Waals surface area contributed by atoms with Crippen molar-refractivity contribution in [3.05, 3.63) is 15.9 Å². The number of nitro groups is 1. The highest BCUT2D eigenvalue weighted by Gasteiger charge is 2.22. The first-order chi connectivity index (χ1) is 8.51. The first-order valence-electron chi connectivity index (χ1n) is 6.15. The fourth-order valence-electron chi connectivity index (χ4n) is 1.79. The molecule has 18 heavy (non-hydrogen) atoms. The molecule has 0 fully saturated rings. The van der Waals surface area contributed by atoms with Crippen molar-refractivity contribution in [2.45, 2.75) is 20.8 Å². The summed E-state index contributed by atoms with van der Waals surface area (Å²) in [6.07, 6.45) is 0. The van der Waals surface area contributed by atoms with Gasteiger partial charge < -0.3 is 20.3 Å². The van der Waals surface area contributed by atoms with Crippen molar-refractivity contribution in [1.82, 2.24) is 14.5 Å². The van der Waals surface area contributed by atoms with Gasteiger partial charge in [0.05, 0.1) is 0 Å². The normalized spacial score (nSPS) is 10.9. The molecule has 0 aliphatic rings. The van der Waals surface area contributed by atoms with Gasteiger partial charge in [0.2, 0.25) is 11.6 Å². The van der Waals surface area contributed by atoms with E-state index in [-0.39, 0.29) is 5.82 Å². The maximum atomic E-state index is 10.9. The molecule has 0 aliphatic heterocycles. The van der Waals surface area contributed by atoms with Gasteiger partial charge in [0.1, 0.15) is 0 Å². The highest BCUT2D eigenvalue weighted by molar-refractivity contribution is 5.53. The molecular formula is C11H21N5O2. The number of hydrogen-bond donors (Lipinski definition) is 1. The van der Waals surface area contributed by atoms with Crippen LogP contribution >= 0.6 is 0 Å².